The topological polar surface area (TPSA) is 15.3 Å². The fourth-order valence-electron chi connectivity index (χ4n) is 9.30. The second kappa shape index (κ2) is 16.7. The lowest BCUT2D eigenvalue weighted by atomic mass is 9.91. The molecule has 2 nitrogen and oxygen atoms in total. The van der Waals surface area contributed by atoms with Gasteiger partial charge < -0.3 is 10.2 Å². The summed E-state index contributed by atoms with van der Waals surface area (Å²) in [5, 5.41) is 3.96. The molecule has 6 unspecified atom stereocenters. The van der Waals surface area contributed by atoms with Gasteiger partial charge in [-0.3, -0.25) is 0 Å². The minimum Gasteiger partial charge on any atom is -0.381 e. The van der Waals surface area contributed by atoms with E-state index in [1.807, 2.05) is 26.0 Å². The van der Waals surface area contributed by atoms with Gasteiger partial charge >= 0.3 is 0 Å². The average molecular weight is 729 g/mol. The lowest BCUT2D eigenvalue weighted by Crippen LogP contribution is -2.26. The highest BCUT2D eigenvalue weighted by Gasteiger charge is 2.55. The largest absolute Gasteiger partial charge is 0.381 e. The van der Waals surface area contributed by atoms with E-state index in [4.69, 9.17) is 0 Å². The van der Waals surface area contributed by atoms with Crippen LogP contribution in [0.2, 0.25) is 0 Å². The Hall–Kier alpha value is -6.12. The monoisotopic (exact) mass is 728 g/mol. The quantitative estimate of drug-likeness (QED) is 0.129. The lowest BCUT2D eigenvalue weighted by Gasteiger charge is -2.25. The summed E-state index contributed by atoms with van der Waals surface area (Å²) in [6.07, 6.45) is 17.8. The molecule has 0 heterocycles. The molecule has 1 N–H and O–H groups in total. The maximum absolute atomic E-state index is 4.32. The Labute approximate surface area is 334 Å². The van der Waals surface area contributed by atoms with Gasteiger partial charge in [-0.05, 0) is 80.5 Å². The summed E-state index contributed by atoms with van der Waals surface area (Å²) in [6, 6.07) is 50.8. The number of nitrogens with zero attached hydrogens (tertiary/aromatic N) is 1. The molecule has 4 aliphatic rings. The van der Waals surface area contributed by atoms with Crippen molar-refractivity contribution in [2.24, 2.45) is 23.7 Å². The predicted molar refractivity (Wildman–Crippen MR) is 240 cm³/mol. The van der Waals surface area contributed by atoms with Crippen molar-refractivity contribution >= 4 is 22.4 Å². The molecule has 4 aliphatic carbocycles. The third-order valence-electron chi connectivity index (χ3n) is 11.9. The van der Waals surface area contributed by atoms with Crippen molar-refractivity contribution in [1.82, 2.24) is 5.32 Å². The number of para-hydroxylation sites is 1. The fraction of sp³-hybridized carbons (Fsp3) is 0.185. The molecule has 2 heteroatoms. The molecule has 0 saturated heterocycles. The van der Waals surface area contributed by atoms with Crippen LogP contribution in [0.5, 0.6) is 0 Å². The van der Waals surface area contributed by atoms with Crippen molar-refractivity contribution in [2.75, 3.05) is 18.0 Å². The van der Waals surface area contributed by atoms with Crippen LogP contribution in [0.1, 0.15) is 42.0 Å². The molecular formula is C54H52N2. The van der Waals surface area contributed by atoms with Crippen LogP contribution < -0.4 is 10.2 Å². The van der Waals surface area contributed by atoms with E-state index >= 15 is 0 Å². The highest BCUT2D eigenvalue weighted by Crippen LogP contribution is 2.64. The van der Waals surface area contributed by atoms with E-state index in [9.17, 15) is 0 Å². The number of hydrogen-bond donors (Lipinski definition) is 1. The van der Waals surface area contributed by atoms with Crippen LogP contribution in [0, 0.1) is 23.7 Å². The molecule has 0 amide bonds. The highest BCUT2D eigenvalue weighted by atomic mass is 15.1. The number of anilines is 1. The molecule has 278 valence electrons. The maximum atomic E-state index is 4.32. The van der Waals surface area contributed by atoms with Gasteiger partial charge in [0.05, 0.1) is 0 Å². The lowest BCUT2D eigenvalue weighted by molar-refractivity contribution is 0.722. The molecule has 2 fully saturated rings. The van der Waals surface area contributed by atoms with Gasteiger partial charge in [-0.25, -0.2) is 0 Å². The first-order chi connectivity index (χ1) is 27.7. The van der Waals surface area contributed by atoms with E-state index in [2.05, 4.69) is 199 Å². The van der Waals surface area contributed by atoms with Crippen LogP contribution in [0.15, 0.2) is 207 Å². The van der Waals surface area contributed by atoms with Gasteiger partial charge in [0.1, 0.15) is 0 Å². The van der Waals surface area contributed by atoms with Crippen molar-refractivity contribution in [3.63, 3.8) is 0 Å². The van der Waals surface area contributed by atoms with E-state index in [0.717, 1.165) is 24.4 Å². The van der Waals surface area contributed by atoms with E-state index in [1.165, 1.54) is 50.2 Å². The fourth-order valence-corrected chi connectivity index (χ4v) is 9.30. The van der Waals surface area contributed by atoms with Crippen LogP contribution in [0.25, 0.3) is 27.8 Å². The first-order valence-electron chi connectivity index (χ1n) is 20.4. The molecule has 6 atom stereocenters. The number of fused-ring (bicyclic) bond motifs is 6. The van der Waals surface area contributed by atoms with Crippen LogP contribution in [0.3, 0.4) is 0 Å². The first kappa shape index (κ1) is 36.8. The van der Waals surface area contributed by atoms with Gasteiger partial charge in [0.25, 0.3) is 0 Å². The Morgan fingerprint density at radius 2 is 1.34 bits per heavy atom. The minimum atomic E-state index is 0.323. The molecular weight excluding hydrogens is 677 g/mol. The Bertz CT molecular complexity index is 2320. The zero-order valence-electron chi connectivity index (χ0n) is 32.6. The predicted octanol–water partition coefficient (Wildman–Crippen LogP) is 12.8. The molecule has 0 radical (unpaired) electrons. The van der Waals surface area contributed by atoms with E-state index in [1.54, 1.807) is 0 Å². The Morgan fingerprint density at radius 3 is 2.05 bits per heavy atom. The Balaban J connectivity index is 0.00000217. The number of benzene rings is 5. The highest BCUT2D eigenvalue weighted by molar-refractivity contribution is 5.89. The summed E-state index contributed by atoms with van der Waals surface area (Å²) in [5.41, 5.74) is 14.3. The van der Waals surface area contributed by atoms with Crippen molar-refractivity contribution in [3.8, 4) is 11.1 Å². The Morgan fingerprint density at radius 1 is 0.696 bits per heavy atom. The first-order valence-corrected chi connectivity index (χ1v) is 20.4. The normalized spacial score (nSPS) is 23.4. The van der Waals surface area contributed by atoms with Gasteiger partial charge in [-0.1, -0.05) is 197 Å². The summed E-state index contributed by atoms with van der Waals surface area (Å²) >= 11 is 0. The molecule has 5 aromatic carbocycles. The smallest absolute Gasteiger partial charge is 0.0416 e. The van der Waals surface area contributed by atoms with Crippen LogP contribution in [-0.2, 0) is 0 Å². The molecule has 5 aromatic rings. The number of rotatable bonds is 12. The van der Waals surface area contributed by atoms with Crippen molar-refractivity contribution < 1.29 is 0 Å². The molecule has 9 rings (SSSR count). The van der Waals surface area contributed by atoms with Gasteiger partial charge in [-0.2, -0.15) is 0 Å². The van der Waals surface area contributed by atoms with Crippen molar-refractivity contribution in [3.05, 3.63) is 229 Å². The van der Waals surface area contributed by atoms with Crippen LogP contribution in [0.4, 0.5) is 5.69 Å². The van der Waals surface area contributed by atoms with Crippen molar-refractivity contribution in [2.45, 2.75) is 25.8 Å². The number of nitrogens with one attached hydrogen (secondary N) is 1. The zero-order chi connectivity index (χ0) is 38.4. The summed E-state index contributed by atoms with van der Waals surface area (Å²) in [5.74, 6) is 2.29. The molecule has 2 saturated carbocycles. The SMILES string of the molecule is C=C/C=C1/c2ccccc2-c2ccccc2C2C(CN(C/C=C\C(=C(/C=C)NC3C4C=CC=C(c5ccccc5)C43)c3ccccc3)c3ccccc3)C12.CC. The average Bonchev–Trinajstić information content (AvgIpc) is 4.19. The van der Waals surface area contributed by atoms with Gasteiger partial charge in [0.2, 0.25) is 0 Å². The summed E-state index contributed by atoms with van der Waals surface area (Å²) in [4.78, 5) is 2.57. The van der Waals surface area contributed by atoms with Crippen LogP contribution >= 0.6 is 0 Å². The van der Waals surface area contributed by atoms with Gasteiger partial charge in [-0.15, -0.1) is 0 Å². The van der Waals surface area contributed by atoms with E-state index in [-0.39, 0.29) is 0 Å². The molecule has 0 aliphatic heterocycles. The summed E-state index contributed by atoms with van der Waals surface area (Å²) in [7, 11) is 0. The summed E-state index contributed by atoms with van der Waals surface area (Å²) < 4.78 is 0. The minimum absolute atomic E-state index is 0.323. The van der Waals surface area contributed by atoms with Crippen LogP contribution in [-0.4, -0.2) is 19.1 Å². The second-order valence-corrected chi connectivity index (χ2v) is 14.9. The summed E-state index contributed by atoms with van der Waals surface area (Å²) in [6.45, 7) is 14.2. The number of hydrogen-bond acceptors (Lipinski definition) is 2. The van der Waals surface area contributed by atoms with Crippen molar-refractivity contribution in [1.29, 1.82) is 0 Å². The van der Waals surface area contributed by atoms with Gasteiger partial charge in [0.15, 0.2) is 0 Å². The third kappa shape index (κ3) is 7.20. The third-order valence-corrected chi connectivity index (χ3v) is 11.9. The van der Waals surface area contributed by atoms with E-state index < -0.39 is 0 Å². The molecule has 0 bridgehead atoms. The molecule has 0 spiro atoms. The Kier molecular flexibility index (Phi) is 11.0. The van der Waals surface area contributed by atoms with E-state index in [0.29, 0.717) is 35.6 Å². The molecule has 56 heavy (non-hydrogen) atoms. The second-order valence-electron chi connectivity index (χ2n) is 14.9. The number of allylic oxidation sites excluding steroid dienone is 8. The molecule has 0 aromatic heterocycles. The standard InChI is InChI=1S/C52H46N2.C2H6/c1-3-20-44-42-28-15-14-27-41(42)43-29-16-17-30-45(43)50-47(49(44)50)35-54(38-25-12-7-13-26-38)34-19-33-39(36-21-8-5-9-22-36)48(4-2)53-52-46-32-18-31-40(51(46)52)37-23-10-6-11-24-37;1-2/h3-33,46-47,49-53H,1-2,34-35H2;1-2H3/b33-19-,44-20-,48-39-;. The zero-order valence-corrected chi connectivity index (χ0v) is 32.6. The maximum Gasteiger partial charge on any atom is 0.0416 e. The van der Waals surface area contributed by atoms with Gasteiger partial charge in [0, 0.05) is 47.9 Å².